The van der Waals surface area contributed by atoms with Crippen molar-refractivity contribution in [2.75, 3.05) is 7.11 Å². The van der Waals surface area contributed by atoms with E-state index in [9.17, 15) is 13.2 Å². The van der Waals surface area contributed by atoms with Gasteiger partial charge in [0.2, 0.25) is 0 Å². The molecule has 0 fully saturated rings. The lowest BCUT2D eigenvalue weighted by molar-refractivity contribution is 0.103. The van der Waals surface area contributed by atoms with Gasteiger partial charge in [0.15, 0.2) is 5.78 Å². The molecule has 0 spiro atoms. The second-order valence-corrected chi connectivity index (χ2v) is 5.21. The molecule has 5 heteroatoms. The van der Waals surface area contributed by atoms with Crippen molar-refractivity contribution in [1.82, 2.24) is 0 Å². The topological polar surface area (TPSA) is 60.4 Å². The molecule has 0 bridgehead atoms. The molecule has 0 atom stereocenters. The average molecular weight is 250 g/mol. The van der Waals surface area contributed by atoms with E-state index < -0.39 is 10.1 Å². The Labute approximate surface area is 99.3 Å². The molecular formula is C12H10O4S. The maximum absolute atomic E-state index is 11.8. The van der Waals surface area contributed by atoms with Gasteiger partial charge in [-0.2, -0.15) is 8.42 Å². The first kappa shape index (κ1) is 11.8. The molecule has 0 N–H and O–H groups in total. The second-order valence-electron chi connectivity index (χ2n) is 3.53. The number of rotatable bonds is 2. The van der Waals surface area contributed by atoms with E-state index in [1.54, 1.807) is 12.1 Å². The molecular weight excluding hydrogens is 240 g/mol. The number of Topliss-reactive ketones (excluding diaryl/α,β-unsaturated/α-hetero) is 1. The molecule has 17 heavy (non-hydrogen) atoms. The van der Waals surface area contributed by atoms with Gasteiger partial charge in [0.05, 0.1) is 7.11 Å². The van der Waals surface area contributed by atoms with E-state index in [2.05, 4.69) is 10.8 Å². The number of allylic oxidation sites excluding steroid dienone is 2. The molecule has 1 aromatic rings. The monoisotopic (exact) mass is 250 g/mol. The van der Waals surface area contributed by atoms with Gasteiger partial charge < -0.3 is 0 Å². The molecule has 88 valence electrons. The summed E-state index contributed by atoms with van der Waals surface area (Å²) in [6, 6.07) is 4.49. The van der Waals surface area contributed by atoms with Crippen molar-refractivity contribution in [3.05, 3.63) is 47.6 Å². The molecule has 0 aromatic heterocycles. The van der Waals surface area contributed by atoms with Crippen molar-refractivity contribution in [2.24, 2.45) is 0 Å². The number of hydrogen-bond acceptors (Lipinski definition) is 4. The summed E-state index contributed by atoms with van der Waals surface area (Å²) in [6.07, 6.45) is 3.06. The van der Waals surface area contributed by atoms with Crippen LogP contribution in [0.3, 0.4) is 0 Å². The van der Waals surface area contributed by atoms with Crippen LogP contribution >= 0.6 is 0 Å². The molecule has 0 saturated carbocycles. The normalized spacial score (nSPS) is 14.9. The minimum absolute atomic E-state index is 0.00500. The largest absolute Gasteiger partial charge is 0.297 e. The van der Waals surface area contributed by atoms with Gasteiger partial charge in [-0.25, -0.2) is 0 Å². The first-order valence-electron chi connectivity index (χ1n) is 4.82. The third kappa shape index (κ3) is 1.83. The summed E-state index contributed by atoms with van der Waals surface area (Å²) in [5, 5.41) is 0. The highest BCUT2D eigenvalue weighted by Crippen LogP contribution is 2.28. The van der Waals surface area contributed by atoms with Crippen LogP contribution in [0.2, 0.25) is 0 Å². The predicted octanol–water partition coefficient (Wildman–Crippen LogP) is 1.79. The predicted molar refractivity (Wildman–Crippen MR) is 63.1 cm³/mol. The van der Waals surface area contributed by atoms with E-state index in [0.29, 0.717) is 16.7 Å². The molecule has 0 amide bonds. The summed E-state index contributed by atoms with van der Waals surface area (Å²) in [5.41, 5.74) is 1.02. The number of carbonyl (C=O) groups is 1. The summed E-state index contributed by atoms with van der Waals surface area (Å²) in [7, 11) is -2.73. The van der Waals surface area contributed by atoms with Gasteiger partial charge in [-0.1, -0.05) is 30.9 Å². The maximum Gasteiger partial charge on any atom is 0.297 e. The van der Waals surface area contributed by atoms with Crippen LogP contribution in [-0.2, 0) is 14.3 Å². The molecule has 1 aliphatic rings. The highest BCUT2D eigenvalue weighted by Gasteiger charge is 2.24. The minimum atomic E-state index is -3.81. The Kier molecular flexibility index (Phi) is 2.73. The zero-order chi connectivity index (χ0) is 12.6. The Hall–Kier alpha value is -1.72. The maximum atomic E-state index is 11.8. The van der Waals surface area contributed by atoms with Crippen LogP contribution < -0.4 is 0 Å². The minimum Gasteiger partial charge on any atom is -0.289 e. The molecule has 2 rings (SSSR count). The number of fused-ring (bicyclic) bond motifs is 1. The fourth-order valence-corrected chi connectivity index (χ4v) is 2.53. The van der Waals surface area contributed by atoms with Gasteiger partial charge in [-0.15, -0.1) is 0 Å². The SMILES string of the molecule is C=C1C=Cc2c(cccc2S(=O)(=O)OC)C1=O. The fourth-order valence-electron chi connectivity index (χ4n) is 1.65. The lowest BCUT2D eigenvalue weighted by atomic mass is 9.93. The lowest BCUT2D eigenvalue weighted by Gasteiger charge is -2.14. The quantitative estimate of drug-likeness (QED) is 0.593. The summed E-state index contributed by atoms with van der Waals surface area (Å²) in [4.78, 5) is 11.8. The van der Waals surface area contributed by atoms with Crippen LogP contribution in [0, 0.1) is 0 Å². The van der Waals surface area contributed by atoms with E-state index in [1.807, 2.05) is 0 Å². The van der Waals surface area contributed by atoms with Gasteiger partial charge in [0.1, 0.15) is 4.90 Å². The van der Waals surface area contributed by atoms with Crippen LogP contribution in [0.15, 0.2) is 41.3 Å². The smallest absolute Gasteiger partial charge is 0.289 e. The molecule has 0 heterocycles. The van der Waals surface area contributed by atoms with E-state index in [1.165, 1.54) is 18.2 Å². The van der Waals surface area contributed by atoms with Gasteiger partial charge in [0, 0.05) is 16.7 Å². The van der Waals surface area contributed by atoms with E-state index in [0.717, 1.165) is 7.11 Å². The van der Waals surface area contributed by atoms with E-state index in [-0.39, 0.29) is 10.7 Å². The van der Waals surface area contributed by atoms with E-state index in [4.69, 9.17) is 0 Å². The Bertz CT molecular complexity index is 638. The number of ketones is 1. The lowest BCUT2D eigenvalue weighted by Crippen LogP contribution is -2.12. The second kappa shape index (κ2) is 3.94. The summed E-state index contributed by atoms with van der Waals surface area (Å²) in [6.45, 7) is 3.59. The Morgan fingerprint density at radius 3 is 2.59 bits per heavy atom. The summed E-state index contributed by atoms with van der Waals surface area (Å²) in [5.74, 6) is -0.268. The molecule has 0 saturated heterocycles. The van der Waals surface area contributed by atoms with Gasteiger partial charge in [-0.3, -0.25) is 8.98 Å². The van der Waals surface area contributed by atoms with Gasteiger partial charge >= 0.3 is 0 Å². The van der Waals surface area contributed by atoms with Crippen LogP contribution in [0.5, 0.6) is 0 Å². The van der Waals surface area contributed by atoms with Crippen molar-refractivity contribution >= 4 is 22.0 Å². The Balaban J connectivity index is 2.75. The Morgan fingerprint density at radius 1 is 1.24 bits per heavy atom. The fraction of sp³-hybridized carbons (Fsp3) is 0.0833. The van der Waals surface area contributed by atoms with Crippen molar-refractivity contribution in [3.63, 3.8) is 0 Å². The van der Waals surface area contributed by atoms with Crippen molar-refractivity contribution in [2.45, 2.75) is 4.90 Å². The summed E-state index contributed by atoms with van der Waals surface area (Å²) < 4.78 is 27.8. The number of carbonyl (C=O) groups excluding carboxylic acids is 1. The van der Waals surface area contributed by atoms with Crippen molar-refractivity contribution in [3.8, 4) is 0 Å². The Morgan fingerprint density at radius 2 is 1.94 bits per heavy atom. The molecule has 1 aromatic carbocycles. The standard InChI is InChI=1S/C12H10O4S/c1-8-6-7-9-10(12(8)13)4-3-5-11(9)17(14,15)16-2/h3-7H,1H2,2H3. The number of hydrogen-bond donors (Lipinski definition) is 0. The third-order valence-electron chi connectivity index (χ3n) is 2.54. The van der Waals surface area contributed by atoms with Crippen molar-refractivity contribution in [1.29, 1.82) is 0 Å². The third-order valence-corrected chi connectivity index (χ3v) is 3.88. The zero-order valence-electron chi connectivity index (χ0n) is 9.14. The molecule has 0 aliphatic heterocycles. The highest BCUT2D eigenvalue weighted by molar-refractivity contribution is 7.86. The zero-order valence-corrected chi connectivity index (χ0v) is 9.95. The van der Waals surface area contributed by atoms with Crippen LogP contribution in [0.25, 0.3) is 6.08 Å². The van der Waals surface area contributed by atoms with Gasteiger partial charge in [-0.05, 0) is 6.07 Å². The number of benzene rings is 1. The average Bonchev–Trinajstić information content (AvgIpc) is 2.33. The van der Waals surface area contributed by atoms with Crippen molar-refractivity contribution < 1.29 is 17.4 Å². The van der Waals surface area contributed by atoms with Crippen LogP contribution in [-0.4, -0.2) is 21.3 Å². The van der Waals surface area contributed by atoms with Crippen LogP contribution in [0.1, 0.15) is 15.9 Å². The first-order valence-corrected chi connectivity index (χ1v) is 6.23. The first-order chi connectivity index (χ1) is 7.97. The van der Waals surface area contributed by atoms with Crippen LogP contribution in [0.4, 0.5) is 0 Å². The molecule has 0 radical (unpaired) electrons. The van der Waals surface area contributed by atoms with Gasteiger partial charge in [0.25, 0.3) is 10.1 Å². The highest BCUT2D eigenvalue weighted by atomic mass is 32.2. The molecule has 4 nitrogen and oxygen atoms in total. The summed E-state index contributed by atoms with van der Waals surface area (Å²) >= 11 is 0. The molecule has 0 unspecified atom stereocenters. The van der Waals surface area contributed by atoms with E-state index >= 15 is 0 Å². The molecule has 1 aliphatic carbocycles.